The Morgan fingerprint density at radius 3 is 2.07 bits per heavy atom. The Morgan fingerprint density at radius 1 is 0.935 bits per heavy atom. The first-order valence-electron chi connectivity index (χ1n) is 14.8. The quantitative estimate of drug-likeness (QED) is 0.232. The summed E-state index contributed by atoms with van der Waals surface area (Å²) in [5.74, 6) is -3.91. The molecule has 6 atom stereocenters. The number of methoxy groups -OCH3 is 2. The van der Waals surface area contributed by atoms with E-state index in [2.05, 4.69) is 6.07 Å². The van der Waals surface area contributed by atoms with Gasteiger partial charge in [-0.3, -0.25) is 33.8 Å². The van der Waals surface area contributed by atoms with Crippen LogP contribution in [0.25, 0.3) is 0 Å². The van der Waals surface area contributed by atoms with Crippen molar-refractivity contribution in [2.45, 2.75) is 77.4 Å². The summed E-state index contributed by atoms with van der Waals surface area (Å²) < 4.78 is 22.1. The van der Waals surface area contributed by atoms with Gasteiger partial charge in [-0.15, -0.1) is 0 Å². The molecule has 0 amide bonds. The average molecular weight is 634 g/mol. The number of carbonyl (C=O) groups is 6. The van der Waals surface area contributed by atoms with Gasteiger partial charge in [0.05, 0.1) is 44.0 Å². The molecule has 0 spiro atoms. The Labute approximate surface area is 265 Å². The van der Waals surface area contributed by atoms with E-state index in [1.165, 1.54) is 28.1 Å². The number of fused-ring (bicyclic) bond motifs is 5. The molecule has 0 N–H and O–H groups in total. The third-order valence-corrected chi connectivity index (χ3v) is 9.66. The molecule has 5 rings (SSSR count). The van der Waals surface area contributed by atoms with Crippen molar-refractivity contribution in [3.63, 3.8) is 0 Å². The van der Waals surface area contributed by atoms with Crippen molar-refractivity contribution in [3.05, 3.63) is 56.6 Å². The molecule has 0 saturated carbocycles. The topological polar surface area (TPSA) is 170 Å². The fourth-order valence-corrected chi connectivity index (χ4v) is 7.52. The van der Waals surface area contributed by atoms with Gasteiger partial charge in [0.15, 0.2) is 23.1 Å². The molecule has 5 aliphatic rings. The summed E-state index contributed by atoms with van der Waals surface area (Å²) in [6, 6.07) is -2.75. The predicted octanol–water partition coefficient (Wildman–Crippen LogP) is 1.20. The maximum atomic E-state index is 14.1. The SMILES string of the molecule is C/C=C(/C)C(=O)OCC1C2=C(CC3[C@H]4C5=C(C(=O)C(C)=C(OC)C5=O)[C@H](OC(C)=O)[C@@H]([C@H](C#N)N13)N4C)C(=O)C(C)=C(OC)C2=O. The van der Waals surface area contributed by atoms with Gasteiger partial charge in [-0.25, -0.2) is 4.79 Å². The van der Waals surface area contributed by atoms with E-state index in [0.29, 0.717) is 5.57 Å². The molecule has 0 radical (unpaired) electrons. The van der Waals surface area contributed by atoms with Gasteiger partial charge in [0.25, 0.3) is 0 Å². The van der Waals surface area contributed by atoms with Crippen molar-refractivity contribution in [2.75, 3.05) is 27.9 Å². The normalized spacial score (nSPS) is 30.1. The molecule has 242 valence electrons. The molecule has 0 aromatic rings. The van der Waals surface area contributed by atoms with Crippen LogP contribution in [0.1, 0.15) is 41.0 Å². The van der Waals surface area contributed by atoms with E-state index in [0.717, 1.165) is 6.92 Å². The maximum Gasteiger partial charge on any atom is 0.333 e. The minimum absolute atomic E-state index is 0.0211. The summed E-state index contributed by atoms with van der Waals surface area (Å²) in [6.45, 7) is 6.89. The minimum atomic E-state index is -1.34. The van der Waals surface area contributed by atoms with Crippen molar-refractivity contribution < 1.29 is 47.7 Å². The second-order valence-electron chi connectivity index (χ2n) is 11.9. The highest BCUT2D eigenvalue weighted by Crippen LogP contribution is 2.49. The summed E-state index contributed by atoms with van der Waals surface area (Å²) in [5, 5.41) is 10.8. The lowest BCUT2D eigenvalue weighted by molar-refractivity contribution is -0.160. The van der Waals surface area contributed by atoms with Gasteiger partial charge in [-0.05, 0) is 41.2 Å². The number of hydrogen-bond donors (Lipinski definition) is 0. The van der Waals surface area contributed by atoms with Crippen LogP contribution in [0.5, 0.6) is 0 Å². The van der Waals surface area contributed by atoms with E-state index in [9.17, 15) is 34.0 Å². The molecule has 13 nitrogen and oxygen atoms in total. The molecule has 1 fully saturated rings. The van der Waals surface area contributed by atoms with Gasteiger partial charge in [0.2, 0.25) is 11.6 Å². The third kappa shape index (κ3) is 4.58. The fraction of sp³-hybridized carbons (Fsp3) is 0.485. The molecular weight excluding hydrogens is 598 g/mol. The van der Waals surface area contributed by atoms with E-state index >= 15 is 0 Å². The summed E-state index contributed by atoms with van der Waals surface area (Å²) >= 11 is 0. The maximum absolute atomic E-state index is 14.1. The Kier molecular flexibility index (Phi) is 8.48. The number of nitrogens with zero attached hydrogens (tertiary/aromatic N) is 3. The number of nitriles is 1. The monoisotopic (exact) mass is 633 g/mol. The largest absolute Gasteiger partial charge is 0.492 e. The molecule has 2 aliphatic carbocycles. The van der Waals surface area contributed by atoms with Crippen molar-refractivity contribution in [1.29, 1.82) is 5.26 Å². The van der Waals surface area contributed by atoms with Gasteiger partial charge in [0, 0.05) is 46.4 Å². The second kappa shape index (κ2) is 11.9. The van der Waals surface area contributed by atoms with E-state index in [-0.39, 0.29) is 51.4 Å². The summed E-state index contributed by atoms with van der Waals surface area (Å²) in [6.07, 6.45) is 0.146. The highest BCUT2D eigenvalue weighted by molar-refractivity contribution is 6.26. The predicted molar refractivity (Wildman–Crippen MR) is 158 cm³/mol. The molecule has 46 heavy (non-hydrogen) atoms. The number of esters is 2. The van der Waals surface area contributed by atoms with Crippen LogP contribution < -0.4 is 0 Å². The van der Waals surface area contributed by atoms with Crippen molar-refractivity contribution in [2.24, 2.45) is 0 Å². The lowest BCUT2D eigenvalue weighted by Gasteiger charge is -2.61. The highest BCUT2D eigenvalue weighted by atomic mass is 16.5. The number of carbonyl (C=O) groups excluding carboxylic acids is 6. The zero-order valence-corrected chi connectivity index (χ0v) is 26.9. The molecule has 13 heteroatoms. The molecule has 2 bridgehead atoms. The molecule has 0 aromatic carbocycles. The number of likely N-dealkylation sites (N-methyl/N-ethyl adjacent to an activating group) is 1. The van der Waals surface area contributed by atoms with E-state index in [4.69, 9.17) is 18.9 Å². The van der Waals surface area contributed by atoms with Crippen LogP contribution in [-0.2, 0) is 47.7 Å². The molecule has 1 saturated heterocycles. The number of ketones is 4. The van der Waals surface area contributed by atoms with E-state index in [1.807, 2.05) is 0 Å². The lowest BCUT2D eigenvalue weighted by atomic mass is 9.66. The number of ether oxygens (including phenoxy) is 4. The standard InChI is InChI=1S/C33H35N3O10/c1-9-13(2)33(42)45-12-20-21-17(26(38)14(3)30(43-7)28(21)40)10-18-24-22-23(27(39)15(4)31(44-8)29(22)41)32(46-16(5)37)25(35(24)6)19(11-34)36(18)20/h9,18-20,24-25,32H,10,12H2,1-8H3/b13-9-/t18?,19-,20?,24-,25+,32-/m0/s1. The van der Waals surface area contributed by atoms with Crippen LogP contribution in [0, 0.1) is 11.3 Å². The van der Waals surface area contributed by atoms with Crippen molar-refractivity contribution in [1.82, 2.24) is 9.80 Å². The van der Waals surface area contributed by atoms with E-state index < -0.39 is 78.0 Å². The van der Waals surface area contributed by atoms with Crippen LogP contribution >= 0.6 is 0 Å². The number of rotatable bonds is 6. The van der Waals surface area contributed by atoms with Crippen molar-refractivity contribution in [3.8, 4) is 6.07 Å². The molecule has 3 heterocycles. The van der Waals surface area contributed by atoms with Gasteiger partial charge in [-0.1, -0.05) is 6.08 Å². The van der Waals surface area contributed by atoms with Crippen LogP contribution in [0.4, 0.5) is 0 Å². The molecule has 2 unspecified atom stereocenters. The zero-order chi connectivity index (χ0) is 33.9. The van der Waals surface area contributed by atoms with Gasteiger partial charge in [0.1, 0.15) is 18.8 Å². The third-order valence-electron chi connectivity index (χ3n) is 9.66. The first kappa shape index (κ1) is 32.7. The van der Waals surface area contributed by atoms with Crippen molar-refractivity contribution >= 4 is 35.1 Å². The van der Waals surface area contributed by atoms with Crippen LogP contribution in [0.15, 0.2) is 56.6 Å². The Hall–Kier alpha value is -4.67. The smallest absolute Gasteiger partial charge is 0.333 e. The average Bonchev–Trinajstić information content (AvgIpc) is 3.02. The van der Waals surface area contributed by atoms with Crippen LogP contribution in [0.2, 0.25) is 0 Å². The molecule has 0 aromatic heterocycles. The Morgan fingerprint density at radius 2 is 1.52 bits per heavy atom. The Balaban J connectivity index is 1.78. The first-order valence-corrected chi connectivity index (χ1v) is 14.8. The van der Waals surface area contributed by atoms with Gasteiger partial charge >= 0.3 is 11.9 Å². The molecule has 3 aliphatic heterocycles. The highest BCUT2D eigenvalue weighted by Gasteiger charge is 2.63. The lowest BCUT2D eigenvalue weighted by Crippen LogP contribution is -2.77. The fourth-order valence-electron chi connectivity index (χ4n) is 7.52. The number of Topliss-reactive ketones (excluding diaryl/α,β-unsaturated/α-hetero) is 4. The summed E-state index contributed by atoms with van der Waals surface area (Å²) in [4.78, 5) is 84.5. The second-order valence-corrected chi connectivity index (χ2v) is 11.9. The first-order chi connectivity index (χ1) is 21.8. The Bertz CT molecular complexity index is 1700. The summed E-state index contributed by atoms with van der Waals surface area (Å²) in [5.41, 5.74) is 0.592. The van der Waals surface area contributed by atoms with Gasteiger partial charge < -0.3 is 18.9 Å². The van der Waals surface area contributed by atoms with E-state index in [1.54, 1.807) is 36.8 Å². The number of hydrogen-bond acceptors (Lipinski definition) is 13. The molecular formula is C33H35N3O10. The minimum Gasteiger partial charge on any atom is -0.492 e. The summed E-state index contributed by atoms with van der Waals surface area (Å²) in [7, 11) is 4.20. The van der Waals surface area contributed by atoms with Crippen LogP contribution in [-0.4, -0.2) is 109 Å². The zero-order valence-electron chi connectivity index (χ0n) is 26.9. The number of allylic oxidation sites excluding steroid dienone is 5. The van der Waals surface area contributed by atoms with Crippen LogP contribution in [0.3, 0.4) is 0 Å². The number of piperazine rings is 1. The van der Waals surface area contributed by atoms with Gasteiger partial charge in [-0.2, -0.15) is 5.26 Å².